The van der Waals surface area contributed by atoms with Crippen LogP contribution >= 0.6 is 0 Å². The second-order valence-corrected chi connectivity index (χ2v) is 8.74. The third-order valence-corrected chi connectivity index (χ3v) is 6.15. The van der Waals surface area contributed by atoms with Crippen molar-refractivity contribution in [1.29, 1.82) is 0 Å². The standard InChI is InChI=1S/C17H26N2O3S/c1-13-10-15-11-14(6-7-16(15)19(13)23(2,21)22)17(20)12-18-8-4-3-5-9-18/h6-7,11,13,17,20H,3-5,8-10,12H2,1-2H3/t13-,17+/m1/s1. The predicted octanol–water partition coefficient (Wildman–Crippen LogP) is 1.92. The summed E-state index contributed by atoms with van der Waals surface area (Å²) in [6.07, 6.45) is 5.13. The molecular weight excluding hydrogens is 312 g/mol. The third-order valence-electron chi connectivity index (χ3n) is 4.88. The van der Waals surface area contributed by atoms with E-state index < -0.39 is 16.1 Å². The van der Waals surface area contributed by atoms with Gasteiger partial charge in [0.1, 0.15) is 0 Å². The monoisotopic (exact) mass is 338 g/mol. The number of rotatable bonds is 4. The van der Waals surface area contributed by atoms with Crippen LogP contribution < -0.4 is 4.31 Å². The van der Waals surface area contributed by atoms with E-state index in [1.807, 2.05) is 25.1 Å². The molecule has 23 heavy (non-hydrogen) atoms. The van der Waals surface area contributed by atoms with Crippen molar-refractivity contribution in [2.24, 2.45) is 0 Å². The Balaban J connectivity index is 1.78. The lowest BCUT2D eigenvalue weighted by atomic mass is 10.0. The summed E-state index contributed by atoms with van der Waals surface area (Å²) in [5.74, 6) is 0. The molecule has 2 heterocycles. The Morgan fingerprint density at radius 3 is 2.61 bits per heavy atom. The number of likely N-dealkylation sites (tertiary alicyclic amines) is 1. The van der Waals surface area contributed by atoms with Crippen molar-refractivity contribution in [1.82, 2.24) is 4.90 Å². The lowest BCUT2D eigenvalue weighted by Gasteiger charge is -2.28. The highest BCUT2D eigenvalue weighted by Gasteiger charge is 2.32. The van der Waals surface area contributed by atoms with E-state index in [1.54, 1.807) is 0 Å². The van der Waals surface area contributed by atoms with Gasteiger partial charge in [-0.15, -0.1) is 0 Å². The summed E-state index contributed by atoms with van der Waals surface area (Å²) in [5, 5.41) is 10.5. The van der Waals surface area contributed by atoms with E-state index in [0.29, 0.717) is 13.0 Å². The van der Waals surface area contributed by atoms with Crippen LogP contribution in [0.2, 0.25) is 0 Å². The third kappa shape index (κ3) is 3.54. The summed E-state index contributed by atoms with van der Waals surface area (Å²) in [5.41, 5.74) is 2.66. The van der Waals surface area contributed by atoms with Crippen molar-refractivity contribution in [2.45, 2.75) is 44.8 Å². The molecule has 1 aromatic rings. The first-order chi connectivity index (χ1) is 10.9. The van der Waals surface area contributed by atoms with E-state index in [9.17, 15) is 13.5 Å². The summed E-state index contributed by atoms with van der Waals surface area (Å²) in [7, 11) is -3.26. The second-order valence-electron chi connectivity index (χ2n) is 6.88. The maximum Gasteiger partial charge on any atom is 0.232 e. The molecule has 0 aliphatic carbocycles. The largest absolute Gasteiger partial charge is 0.387 e. The summed E-state index contributed by atoms with van der Waals surface area (Å²) >= 11 is 0. The summed E-state index contributed by atoms with van der Waals surface area (Å²) in [4.78, 5) is 2.31. The van der Waals surface area contributed by atoms with Crippen molar-refractivity contribution in [3.05, 3.63) is 29.3 Å². The van der Waals surface area contributed by atoms with Crippen molar-refractivity contribution in [3.8, 4) is 0 Å². The number of fused-ring (bicyclic) bond motifs is 1. The minimum atomic E-state index is -3.26. The van der Waals surface area contributed by atoms with Gasteiger partial charge in [0.2, 0.25) is 10.0 Å². The van der Waals surface area contributed by atoms with Gasteiger partial charge in [-0.2, -0.15) is 0 Å². The quantitative estimate of drug-likeness (QED) is 0.911. The molecule has 1 aromatic carbocycles. The van der Waals surface area contributed by atoms with E-state index in [-0.39, 0.29) is 6.04 Å². The highest BCUT2D eigenvalue weighted by atomic mass is 32.2. The molecule has 2 aliphatic rings. The van der Waals surface area contributed by atoms with Crippen LogP contribution in [0.4, 0.5) is 5.69 Å². The molecule has 0 saturated carbocycles. The number of benzene rings is 1. The fraction of sp³-hybridized carbons (Fsp3) is 0.647. The average Bonchev–Trinajstić information content (AvgIpc) is 2.82. The Morgan fingerprint density at radius 2 is 1.96 bits per heavy atom. The van der Waals surface area contributed by atoms with Gasteiger partial charge >= 0.3 is 0 Å². The Morgan fingerprint density at radius 1 is 1.26 bits per heavy atom. The van der Waals surface area contributed by atoms with Gasteiger partial charge in [0, 0.05) is 12.6 Å². The first-order valence-corrected chi connectivity index (χ1v) is 10.2. The van der Waals surface area contributed by atoms with E-state index in [2.05, 4.69) is 4.90 Å². The van der Waals surface area contributed by atoms with E-state index in [4.69, 9.17) is 0 Å². The molecule has 1 saturated heterocycles. The molecule has 0 radical (unpaired) electrons. The average molecular weight is 338 g/mol. The molecule has 0 aromatic heterocycles. The van der Waals surface area contributed by atoms with Crippen molar-refractivity contribution in [3.63, 3.8) is 0 Å². The molecule has 3 rings (SSSR count). The molecule has 1 N–H and O–H groups in total. The fourth-order valence-corrected chi connectivity index (χ4v) is 5.09. The van der Waals surface area contributed by atoms with Gasteiger partial charge < -0.3 is 10.0 Å². The molecule has 0 unspecified atom stereocenters. The number of aliphatic hydroxyl groups is 1. The highest BCUT2D eigenvalue weighted by Crippen LogP contribution is 2.35. The minimum absolute atomic E-state index is 0.0607. The number of nitrogens with zero attached hydrogens (tertiary/aromatic N) is 2. The van der Waals surface area contributed by atoms with Gasteiger partial charge in [-0.3, -0.25) is 4.31 Å². The van der Waals surface area contributed by atoms with Crippen molar-refractivity contribution < 1.29 is 13.5 Å². The van der Waals surface area contributed by atoms with Crippen LogP contribution in [0.5, 0.6) is 0 Å². The lowest BCUT2D eigenvalue weighted by Crippen LogP contribution is -2.34. The van der Waals surface area contributed by atoms with Crippen LogP contribution in [0.3, 0.4) is 0 Å². The molecule has 0 spiro atoms. The number of sulfonamides is 1. The molecule has 0 bridgehead atoms. The number of β-amino-alcohol motifs (C(OH)–C–C–N with tert-alkyl or cyclic N) is 1. The first kappa shape index (κ1) is 16.7. The molecule has 0 amide bonds. The normalized spacial score (nSPS) is 23.8. The second kappa shape index (κ2) is 6.42. The number of aliphatic hydroxyl groups excluding tert-OH is 1. The lowest BCUT2D eigenvalue weighted by molar-refractivity contribution is 0.101. The minimum Gasteiger partial charge on any atom is -0.387 e. The van der Waals surface area contributed by atoms with Crippen molar-refractivity contribution >= 4 is 15.7 Å². The Kier molecular flexibility index (Phi) is 4.67. The molecule has 2 aliphatic heterocycles. The van der Waals surface area contributed by atoms with Gasteiger partial charge in [-0.25, -0.2) is 8.42 Å². The molecular formula is C17H26N2O3S. The first-order valence-electron chi connectivity index (χ1n) is 8.39. The fourth-order valence-electron chi connectivity index (χ4n) is 3.83. The molecule has 2 atom stereocenters. The van der Waals surface area contributed by atoms with Gasteiger partial charge in [-0.05, 0) is 56.5 Å². The maximum absolute atomic E-state index is 12.0. The zero-order valence-electron chi connectivity index (χ0n) is 13.9. The Hall–Kier alpha value is -1.11. The van der Waals surface area contributed by atoms with Crippen molar-refractivity contribution in [2.75, 3.05) is 30.2 Å². The van der Waals surface area contributed by atoms with Crippen LogP contribution in [0.15, 0.2) is 18.2 Å². The smallest absolute Gasteiger partial charge is 0.232 e. The molecule has 5 nitrogen and oxygen atoms in total. The van der Waals surface area contributed by atoms with Gasteiger partial charge in [-0.1, -0.05) is 18.6 Å². The predicted molar refractivity (Wildman–Crippen MR) is 92.2 cm³/mol. The van der Waals surface area contributed by atoms with E-state index in [1.165, 1.54) is 29.8 Å². The number of hydrogen-bond donors (Lipinski definition) is 1. The molecule has 1 fully saturated rings. The zero-order valence-corrected chi connectivity index (χ0v) is 14.7. The van der Waals surface area contributed by atoms with Gasteiger partial charge in [0.15, 0.2) is 0 Å². The number of hydrogen-bond acceptors (Lipinski definition) is 4. The maximum atomic E-state index is 12.0. The van der Waals surface area contributed by atoms with Crippen LogP contribution in [0.1, 0.15) is 43.4 Å². The van der Waals surface area contributed by atoms with Crippen LogP contribution in [-0.4, -0.2) is 50.4 Å². The van der Waals surface area contributed by atoms with Crippen LogP contribution in [0.25, 0.3) is 0 Å². The van der Waals surface area contributed by atoms with E-state index in [0.717, 1.165) is 29.9 Å². The van der Waals surface area contributed by atoms with E-state index >= 15 is 0 Å². The highest BCUT2D eigenvalue weighted by molar-refractivity contribution is 7.92. The number of anilines is 1. The van der Waals surface area contributed by atoms with Crippen LogP contribution in [0, 0.1) is 0 Å². The van der Waals surface area contributed by atoms with Gasteiger partial charge in [0.05, 0.1) is 18.0 Å². The summed E-state index contributed by atoms with van der Waals surface area (Å²) < 4.78 is 25.4. The molecule has 128 valence electrons. The Bertz CT molecular complexity index is 668. The SMILES string of the molecule is C[C@@H]1Cc2cc([C@@H](O)CN3CCCCC3)ccc2N1S(C)(=O)=O. The van der Waals surface area contributed by atoms with Crippen LogP contribution in [-0.2, 0) is 16.4 Å². The van der Waals surface area contributed by atoms with Gasteiger partial charge in [0.25, 0.3) is 0 Å². The number of piperidine rings is 1. The Labute approximate surface area is 139 Å². The summed E-state index contributed by atoms with van der Waals surface area (Å²) in [6, 6.07) is 5.62. The summed E-state index contributed by atoms with van der Waals surface area (Å²) in [6.45, 7) is 4.69. The zero-order chi connectivity index (χ0) is 16.6. The topological polar surface area (TPSA) is 60.9 Å². The molecule has 6 heteroatoms.